The van der Waals surface area contributed by atoms with Crippen LogP contribution in [0.1, 0.15) is 111 Å². The lowest BCUT2D eigenvalue weighted by Crippen LogP contribution is -2.39. The largest absolute Gasteiger partial charge is 0.491 e. The molecule has 2 aliphatic rings. The maximum atomic E-state index is 9.62. The van der Waals surface area contributed by atoms with E-state index in [4.69, 9.17) is 14.2 Å². The second-order valence-electron chi connectivity index (χ2n) is 9.98. The van der Waals surface area contributed by atoms with E-state index in [-0.39, 0.29) is 11.5 Å². The van der Waals surface area contributed by atoms with Crippen molar-refractivity contribution in [2.24, 2.45) is 5.92 Å². The first-order valence-corrected chi connectivity index (χ1v) is 17.0. The van der Waals surface area contributed by atoms with Gasteiger partial charge in [-0.15, -0.1) is 0 Å². The predicted molar refractivity (Wildman–Crippen MR) is 184 cm³/mol. The summed E-state index contributed by atoms with van der Waals surface area (Å²) in [5.74, 6) is 2.16. The fraction of sp³-hybridized carbons (Fsp3) is 0.538. The summed E-state index contributed by atoms with van der Waals surface area (Å²) in [5, 5.41) is 9.62. The van der Waals surface area contributed by atoms with Crippen LogP contribution in [0.4, 0.5) is 0 Å². The highest BCUT2D eigenvalue weighted by Crippen LogP contribution is 2.50. The van der Waals surface area contributed by atoms with Gasteiger partial charge in [-0.2, -0.15) is 0 Å². The van der Waals surface area contributed by atoms with Crippen LogP contribution in [0.5, 0.6) is 11.5 Å². The quantitative estimate of drug-likeness (QED) is 0.188. The molecule has 1 saturated heterocycles. The molecule has 3 unspecified atom stereocenters. The number of hydrogen-bond acceptors (Lipinski definition) is 4. The number of aliphatic hydroxyl groups excluding tert-OH is 1. The molecule has 1 aliphatic heterocycles. The van der Waals surface area contributed by atoms with Crippen LogP contribution in [-0.4, -0.2) is 37.1 Å². The number of ether oxygens (including phenoxy) is 3. The van der Waals surface area contributed by atoms with E-state index in [1.807, 2.05) is 67.5 Å². The van der Waals surface area contributed by atoms with E-state index in [2.05, 4.69) is 66.7 Å². The van der Waals surface area contributed by atoms with Crippen molar-refractivity contribution in [1.82, 2.24) is 0 Å². The minimum absolute atomic E-state index is 0.245. The summed E-state index contributed by atoms with van der Waals surface area (Å²) in [6.45, 7) is 19.4. The van der Waals surface area contributed by atoms with Crippen molar-refractivity contribution in [1.29, 1.82) is 0 Å². The lowest BCUT2D eigenvalue weighted by atomic mass is 9.58. The Labute approximate surface area is 263 Å². The molecule has 0 aromatic heterocycles. The van der Waals surface area contributed by atoms with Crippen LogP contribution in [0.25, 0.3) is 0 Å². The fourth-order valence-electron chi connectivity index (χ4n) is 5.64. The smallest absolute Gasteiger partial charge is 0.119 e. The fourth-order valence-corrected chi connectivity index (χ4v) is 5.64. The van der Waals surface area contributed by atoms with Crippen molar-refractivity contribution < 1.29 is 19.3 Å². The lowest BCUT2D eigenvalue weighted by molar-refractivity contribution is 0.122. The molecule has 1 saturated carbocycles. The molecule has 3 atom stereocenters. The summed E-state index contributed by atoms with van der Waals surface area (Å²) in [6.07, 6.45) is 5.99. The summed E-state index contributed by atoms with van der Waals surface area (Å²) >= 11 is 0. The Hall–Kier alpha value is -2.82. The third-order valence-electron chi connectivity index (χ3n) is 7.40. The van der Waals surface area contributed by atoms with E-state index >= 15 is 0 Å². The molecule has 1 N–H and O–H groups in total. The molecule has 3 aromatic rings. The molecule has 240 valence electrons. The maximum Gasteiger partial charge on any atom is 0.119 e. The molecule has 0 spiro atoms. The number of aliphatic hydroxyl groups is 1. The topological polar surface area (TPSA) is 51.2 Å². The number of epoxide rings is 1. The van der Waals surface area contributed by atoms with E-state index in [0.29, 0.717) is 19.1 Å². The van der Waals surface area contributed by atoms with Crippen molar-refractivity contribution in [3.63, 3.8) is 0 Å². The number of rotatable bonds is 10. The first kappa shape index (κ1) is 38.2. The van der Waals surface area contributed by atoms with E-state index in [0.717, 1.165) is 18.1 Å². The average Bonchev–Trinajstić information content (AvgIpc) is 3.94. The second-order valence-corrected chi connectivity index (χ2v) is 9.98. The minimum atomic E-state index is -0.493. The summed E-state index contributed by atoms with van der Waals surface area (Å²) in [4.78, 5) is 0. The molecule has 1 aliphatic carbocycles. The monoisotopic (exact) mass is 592 g/mol. The van der Waals surface area contributed by atoms with Crippen molar-refractivity contribution in [3.05, 3.63) is 95.6 Å². The van der Waals surface area contributed by atoms with Crippen molar-refractivity contribution >= 4 is 0 Å². The third-order valence-corrected chi connectivity index (χ3v) is 7.40. The average molecular weight is 593 g/mol. The zero-order valence-electron chi connectivity index (χ0n) is 28.6. The molecule has 0 radical (unpaired) electrons. The predicted octanol–water partition coefficient (Wildman–Crippen LogP) is 10.2. The van der Waals surface area contributed by atoms with Gasteiger partial charge in [0.05, 0.1) is 12.7 Å². The molecular weight excluding hydrogens is 532 g/mol. The summed E-state index contributed by atoms with van der Waals surface area (Å²) in [6, 6.07) is 28.2. The first-order chi connectivity index (χ1) is 21.2. The van der Waals surface area contributed by atoms with Gasteiger partial charge in [-0.1, -0.05) is 129 Å². The van der Waals surface area contributed by atoms with Crippen LogP contribution in [0, 0.1) is 5.92 Å². The summed E-state index contributed by atoms with van der Waals surface area (Å²) in [5.41, 5.74) is 3.63. The maximum absolute atomic E-state index is 9.62. The van der Waals surface area contributed by atoms with Gasteiger partial charge in [-0.25, -0.2) is 0 Å². The molecule has 0 bridgehead atoms. The standard InChI is InChI=1S/C31H36O4.4C2H6/c1-23(32)20-33-28-16-12-26(13-17-28)31(24-8-4-2-5-9-24,25-10-6-3-7-11-25)27-14-18-29(19-15-27)34-21-30-22-35-30;4*1-2/h2,4-5,8-9,12-19,23,25,30,32H,3,6-7,10-11,20-22H2,1H3;4*1-2H3. The van der Waals surface area contributed by atoms with Crippen molar-refractivity contribution in [2.45, 2.75) is 112 Å². The Kier molecular flexibility index (Phi) is 19.4. The van der Waals surface area contributed by atoms with Crippen molar-refractivity contribution in [3.8, 4) is 11.5 Å². The van der Waals surface area contributed by atoms with Gasteiger partial charge in [0, 0.05) is 5.41 Å². The van der Waals surface area contributed by atoms with Gasteiger partial charge in [0.1, 0.15) is 30.8 Å². The normalized spacial score (nSPS) is 17.3. The second kappa shape index (κ2) is 21.8. The summed E-state index contributed by atoms with van der Waals surface area (Å²) < 4.78 is 17.0. The number of benzene rings is 3. The Morgan fingerprint density at radius 2 is 1.12 bits per heavy atom. The van der Waals surface area contributed by atoms with Crippen LogP contribution in [0.3, 0.4) is 0 Å². The Bertz CT molecular complexity index is 1000. The Morgan fingerprint density at radius 1 is 0.674 bits per heavy atom. The molecule has 4 heteroatoms. The van der Waals surface area contributed by atoms with E-state index in [1.165, 1.54) is 48.8 Å². The SMILES string of the molecule is CC.CC.CC.CC.CC(O)COc1ccc(C(c2ccccc2)(c2ccc(OCC3CO3)cc2)C2CCCCC2)cc1. The van der Waals surface area contributed by atoms with Gasteiger partial charge in [-0.3, -0.25) is 0 Å². The highest BCUT2D eigenvalue weighted by molar-refractivity contribution is 5.53. The van der Waals surface area contributed by atoms with Crippen LogP contribution in [0.2, 0.25) is 0 Å². The third kappa shape index (κ3) is 11.0. The molecule has 1 heterocycles. The van der Waals surface area contributed by atoms with Crippen LogP contribution in [-0.2, 0) is 10.2 Å². The van der Waals surface area contributed by atoms with Crippen LogP contribution >= 0.6 is 0 Å². The van der Waals surface area contributed by atoms with E-state index in [1.54, 1.807) is 6.92 Å². The Balaban J connectivity index is 0.00000107. The van der Waals surface area contributed by atoms with Gasteiger partial charge in [0.2, 0.25) is 0 Å². The minimum Gasteiger partial charge on any atom is -0.491 e. The van der Waals surface area contributed by atoms with E-state index in [9.17, 15) is 5.11 Å². The van der Waals surface area contributed by atoms with E-state index < -0.39 is 6.10 Å². The highest BCUT2D eigenvalue weighted by atomic mass is 16.6. The van der Waals surface area contributed by atoms with Gasteiger partial charge in [0.25, 0.3) is 0 Å². The molecule has 4 nitrogen and oxygen atoms in total. The first-order valence-electron chi connectivity index (χ1n) is 17.0. The van der Waals surface area contributed by atoms with Gasteiger partial charge >= 0.3 is 0 Å². The van der Waals surface area contributed by atoms with Crippen LogP contribution < -0.4 is 9.47 Å². The molecule has 5 rings (SSSR count). The molecular formula is C39H60O4. The zero-order valence-corrected chi connectivity index (χ0v) is 28.6. The zero-order chi connectivity index (χ0) is 32.1. The molecule has 0 amide bonds. The summed E-state index contributed by atoms with van der Waals surface area (Å²) in [7, 11) is 0. The molecule has 2 fully saturated rings. The highest BCUT2D eigenvalue weighted by Gasteiger charge is 2.43. The lowest BCUT2D eigenvalue weighted by Gasteiger charge is -2.44. The molecule has 43 heavy (non-hydrogen) atoms. The van der Waals surface area contributed by atoms with Gasteiger partial charge in [0.15, 0.2) is 0 Å². The van der Waals surface area contributed by atoms with Crippen LogP contribution in [0.15, 0.2) is 78.9 Å². The Morgan fingerprint density at radius 3 is 1.56 bits per heavy atom. The van der Waals surface area contributed by atoms with Gasteiger partial charge in [-0.05, 0) is 66.6 Å². The van der Waals surface area contributed by atoms with Crippen molar-refractivity contribution in [2.75, 3.05) is 19.8 Å². The van der Waals surface area contributed by atoms with Gasteiger partial charge < -0.3 is 19.3 Å². The number of hydrogen-bond donors (Lipinski definition) is 1. The molecule has 3 aromatic carbocycles.